The summed E-state index contributed by atoms with van der Waals surface area (Å²) in [6.07, 6.45) is 1.17. The Labute approximate surface area is 170 Å². The van der Waals surface area contributed by atoms with Gasteiger partial charge in [0.1, 0.15) is 0 Å². The van der Waals surface area contributed by atoms with Crippen LogP contribution in [0.25, 0.3) is 0 Å². The predicted octanol–water partition coefficient (Wildman–Crippen LogP) is 5.38. The van der Waals surface area contributed by atoms with Crippen LogP contribution < -0.4 is 5.32 Å². The quantitative estimate of drug-likeness (QED) is 0.571. The van der Waals surface area contributed by atoms with E-state index < -0.39 is 11.8 Å². The molecule has 1 aromatic heterocycles. The van der Waals surface area contributed by atoms with Crippen molar-refractivity contribution >= 4 is 53.2 Å². The minimum Gasteiger partial charge on any atom is -0.478 e. The normalized spacial score (nSPS) is 10.2. The molecule has 2 aromatic carbocycles. The first kappa shape index (κ1) is 20.9. The second kappa shape index (κ2) is 8.99. The van der Waals surface area contributed by atoms with Gasteiger partial charge in [-0.3, -0.25) is 0 Å². The smallest absolute Gasteiger partial charge is 0.335 e. The Morgan fingerprint density at radius 3 is 2.33 bits per heavy atom. The molecule has 0 radical (unpaired) electrons. The van der Waals surface area contributed by atoms with Crippen LogP contribution in [0.2, 0.25) is 10.0 Å². The molecule has 9 heteroatoms. The number of carboxylic acids is 1. The average Bonchev–Trinajstić information content (AvgIpc) is 2.61. The zero-order valence-corrected chi connectivity index (χ0v) is 15.9. The van der Waals surface area contributed by atoms with Crippen molar-refractivity contribution in [1.29, 1.82) is 0 Å². The van der Waals surface area contributed by atoms with E-state index in [4.69, 9.17) is 28.3 Å². The van der Waals surface area contributed by atoms with Crippen molar-refractivity contribution in [3.63, 3.8) is 0 Å². The Morgan fingerprint density at radius 1 is 1.11 bits per heavy atom. The molecule has 27 heavy (non-hydrogen) atoms. The summed E-state index contributed by atoms with van der Waals surface area (Å²) in [7, 11) is 0. The molecule has 0 atom stereocenters. The molecular formula is C18H13Cl3FN3O2. The Kier molecular flexibility index (Phi) is 6.96. The zero-order valence-electron chi connectivity index (χ0n) is 13.6. The third-order valence-corrected chi connectivity index (χ3v) is 4.32. The highest BCUT2D eigenvalue weighted by atomic mass is 35.5. The number of nitrogens with one attached hydrogen (secondary N) is 1. The maximum atomic E-state index is 14.1. The summed E-state index contributed by atoms with van der Waals surface area (Å²) < 4.78 is 14.1. The van der Waals surface area contributed by atoms with Gasteiger partial charge in [0.25, 0.3) is 0 Å². The fraction of sp³-hybridized carbons (Fsp3) is 0.0556. The molecule has 2 N–H and O–H groups in total. The minimum absolute atomic E-state index is 0. The van der Waals surface area contributed by atoms with Crippen LogP contribution in [0.1, 0.15) is 21.6 Å². The van der Waals surface area contributed by atoms with Gasteiger partial charge in [0.2, 0.25) is 5.95 Å². The number of aromatic carboxylic acids is 1. The first-order valence-corrected chi connectivity index (χ1v) is 8.24. The number of hydrogen-bond acceptors (Lipinski definition) is 4. The van der Waals surface area contributed by atoms with E-state index in [1.165, 1.54) is 12.1 Å². The lowest BCUT2D eigenvalue weighted by Crippen LogP contribution is -2.04. The molecule has 0 fully saturated rings. The summed E-state index contributed by atoms with van der Waals surface area (Å²) in [6.45, 7) is 0. The third-order valence-electron chi connectivity index (χ3n) is 3.61. The number of rotatable bonds is 5. The molecule has 1 heterocycles. The van der Waals surface area contributed by atoms with Gasteiger partial charge in [0, 0.05) is 22.2 Å². The fourth-order valence-corrected chi connectivity index (χ4v) is 2.81. The molecule has 0 unspecified atom stereocenters. The van der Waals surface area contributed by atoms with Crippen molar-refractivity contribution in [2.75, 3.05) is 5.32 Å². The van der Waals surface area contributed by atoms with Gasteiger partial charge in [-0.05, 0) is 42.0 Å². The number of benzene rings is 2. The Hall–Kier alpha value is -2.41. The first-order chi connectivity index (χ1) is 12.4. The van der Waals surface area contributed by atoms with Crippen molar-refractivity contribution in [2.24, 2.45) is 0 Å². The summed E-state index contributed by atoms with van der Waals surface area (Å²) in [4.78, 5) is 18.9. The molecule has 0 spiro atoms. The lowest BCUT2D eigenvalue weighted by atomic mass is 10.1. The van der Waals surface area contributed by atoms with Crippen LogP contribution in [0.4, 0.5) is 16.0 Å². The Balaban J connectivity index is 0.00000261. The molecule has 0 saturated heterocycles. The number of aromatic nitrogens is 2. The van der Waals surface area contributed by atoms with Crippen LogP contribution in [0.15, 0.2) is 48.7 Å². The van der Waals surface area contributed by atoms with Crippen molar-refractivity contribution in [3.8, 4) is 0 Å². The molecule has 0 aliphatic rings. The van der Waals surface area contributed by atoms with Gasteiger partial charge in [-0.15, -0.1) is 12.4 Å². The number of carboxylic acid groups (broad SMARTS) is 1. The van der Waals surface area contributed by atoms with E-state index in [1.807, 2.05) is 0 Å². The highest BCUT2D eigenvalue weighted by molar-refractivity contribution is 6.36. The molecule has 3 rings (SSSR count). The largest absolute Gasteiger partial charge is 0.478 e. The number of nitrogens with zero attached hydrogens (tertiary/aromatic N) is 2. The van der Waals surface area contributed by atoms with Crippen LogP contribution in [0.3, 0.4) is 0 Å². The van der Waals surface area contributed by atoms with Crippen molar-refractivity contribution in [1.82, 2.24) is 9.97 Å². The minimum atomic E-state index is -1.02. The first-order valence-electron chi connectivity index (χ1n) is 7.48. The highest BCUT2D eigenvalue weighted by Crippen LogP contribution is 2.27. The van der Waals surface area contributed by atoms with E-state index in [1.54, 1.807) is 30.3 Å². The molecule has 0 saturated carbocycles. The number of hydrogen-bond donors (Lipinski definition) is 2. The van der Waals surface area contributed by atoms with Crippen LogP contribution >= 0.6 is 35.6 Å². The van der Waals surface area contributed by atoms with Crippen molar-refractivity contribution in [3.05, 3.63) is 81.3 Å². The summed E-state index contributed by atoms with van der Waals surface area (Å²) in [5.41, 5.74) is 1.44. The monoisotopic (exact) mass is 427 g/mol. The number of carbonyl (C=O) groups is 1. The SMILES string of the molecule is Cl.O=C(O)c1ccc(Nc2ncc(F)c(Cc3c(Cl)cccc3Cl)n2)cc1. The maximum Gasteiger partial charge on any atom is 0.335 e. The lowest BCUT2D eigenvalue weighted by molar-refractivity contribution is 0.0697. The third kappa shape index (κ3) is 5.07. The second-order valence-electron chi connectivity index (χ2n) is 5.37. The average molecular weight is 429 g/mol. The van der Waals surface area contributed by atoms with Gasteiger partial charge in [-0.2, -0.15) is 0 Å². The van der Waals surface area contributed by atoms with E-state index in [0.29, 0.717) is 21.3 Å². The Bertz CT molecular complexity index is 948. The molecule has 0 aliphatic carbocycles. The molecule has 0 amide bonds. The van der Waals surface area contributed by atoms with Crippen LogP contribution in [0.5, 0.6) is 0 Å². The van der Waals surface area contributed by atoms with Crippen molar-refractivity contribution in [2.45, 2.75) is 6.42 Å². The number of halogens is 4. The molecule has 0 bridgehead atoms. The van der Waals surface area contributed by atoms with Gasteiger partial charge in [0.15, 0.2) is 5.82 Å². The molecule has 3 aromatic rings. The molecular weight excluding hydrogens is 416 g/mol. The van der Waals surface area contributed by atoms with Gasteiger partial charge in [-0.25, -0.2) is 19.2 Å². The fourth-order valence-electron chi connectivity index (χ4n) is 2.28. The summed E-state index contributed by atoms with van der Waals surface area (Å²) in [5, 5.41) is 12.7. The maximum absolute atomic E-state index is 14.1. The summed E-state index contributed by atoms with van der Waals surface area (Å²) >= 11 is 12.3. The van der Waals surface area contributed by atoms with E-state index in [0.717, 1.165) is 6.20 Å². The van der Waals surface area contributed by atoms with Crippen LogP contribution in [-0.4, -0.2) is 21.0 Å². The van der Waals surface area contributed by atoms with E-state index in [-0.39, 0.29) is 36.0 Å². The summed E-state index contributed by atoms with van der Waals surface area (Å²) in [6, 6.07) is 11.1. The highest BCUT2D eigenvalue weighted by Gasteiger charge is 2.13. The molecule has 5 nitrogen and oxygen atoms in total. The number of anilines is 2. The topological polar surface area (TPSA) is 75.1 Å². The second-order valence-corrected chi connectivity index (χ2v) is 6.19. The molecule has 0 aliphatic heterocycles. The predicted molar refractivity (Wildman–Crippen MR) is 105 cm³/mol. The molecule has 140 valence electrons. The van der Waals surface area contributed by atoms with Crippen LogP contribution in [0, 0.1) is 5.82 Å². The Morgan fingerprint density at radius 2 is 1.74 bits per heavy atom. The van der Waals surface area contributed by atoms with Gasteiger partial charge in [-0.1, -0.05) is 29.3 Å². The lowest BCUT2D eigenvalue weighted by Gasteiger charge is -2.10. The van der Waals surface area contributed by atoms with Crippen LogP contribution in [-0.2, 0) is 6.42 Å². The van der Waals surface area contributed by atoms with E-state index in [9.17, 15) is 9.18 Å². The summed E-state index contributed by atoms with van der Waals surface area (Å²) in [5.74, 6) is -1.42. The van der Waals surface area contributed by atoms with E-state index >= 15 is 0 Å². The van der Waals surface area contributed by atoms with Gasteiger partial charge < -0.3 is 10.4 Å². The van der Waals surface area contributed by atoms with E-state index in [2.05, 4.69) is 15.3 Å². The standard InChI is InChI=1S/C18H12Cl2FN3O2.ClH/c19-13-2-1-3-14(20)12(13)8-16-15(21)9-22-18(24-16)23-11-6-4-10(5-7-11)17(25)26;/h1-7,9H,8H2,(H,25,26)(H,22,23,24);1H. The van der Waals surface area contributed by atoms with Gasteiger partial charge >= 0.3 is 5.97 Å². The van der Waals surface area contributed by atoms with Gasteiger partial charge in [0.05, 0.1) is 17.5 Å². The zero-order chi connectivity index (χ0) is 18.7. The van der Waals surface area contributed by atoms with Crippen molar-refractivity contribution < 1.29 is 14.3 Å².